The molecule has 0 spiro atoms. The Morgan fingerprint density at radius 2 is 1.89 bits per heavy atom. The first kappa shape index (κ1) is 14.0. The van der Waals surface area contributed by atoms with Crippen LogP contribution in [-0.4, -0.2) is 13.4 Å². The molecule has 1 aromatic heterocycles. The molecule has 0 fully saturated rings. The number of nitrogen functional groups attached to an aromatic ring is 1. The summed E-state index contributed by atoms with van der Waals surface area (Å²) in [5, 5.41) is 0. The van der Waals surface area contributed by atoms with Crippen LogP contribution in [0.3, 0.4) is 0 Å². The van der Waals surface area contributed by atoms with Crippen molar-refractivity contribution in [3.8, 4) is 0 Å². The number of nitrogens with two attached hydrogens (primary N) is 1. The van der Waals surface area contributed by atoms with Crippen LogP contribution < -0.4 is 10.5 Å². The van der Waals surface area contributed by atoms with Crippen molar-refractivity contribution in [3.63, 3.8) is 0 Å². The highest BCUT2D eigenvalue weighted by Gasteiger charge is 2.14. The van der Waals surface area contributed by atoms with Gasteiger partial charge in [0.05, 0.1) is 4.90 Å². The Morgan fingerprint density at radius 1 is 1.21 bits per heavy atom. The number of sulfonamides is 1. The number of halogens is 1. The summed E-state index contributed by atoms with van der Waals surface area (Å²) in [4.78, 5) is 4.04. The summed E-state index contributed by atoms with van der Waals surface area (Å²) in [5.41, 5.74) is 6.96. The number of aromatic nitrogens is 1. The van der Waals surface area contributed by atoms with Crippen molar-refractivity contribution in [3.05, 3.63) is 52.8 Å². The van der Waals surface area contributed by atoms with Gasteiger partial charge in [0.25, 0.3) is 0 Å². The molecule has 1 heterocycles. The fourth-order valence-corrected chi connectivity index (χ4v) is 3.01. The van der Waals surface area contributed by atoms with Crippen LogP contribution in [-0.2, 0) is 16.6 Å². The Hall–Kier alpha value is -1.44. The summed E-state index contributed by atoms with van der Waals surface area (Å²) >= 11 is 3.21. The minimum Gasteiger partial charge on any atom is -0.398 e. The van der Waals surface area contributed by atoms with Gasteiger partial charge in [0.15, 0.2) is 0 Å². The van der Waals surface area contributed by atoms with Crippen molar-refractivity contribution in [2.45, 2.75) is 11.4 Å². The van der Waals surface area contributed by atoms with Gasteiger partial charge in [-0.2, -0.15) is 0 Å². The van der Waals surface area contributed by atoms with Crippen molar-refractivity contribution in [1.82, 2.24) is 9.71 Å². The Kier molecular flexibility index (Phi) is 4.18. The van der Waals surface area contributed by atoms with Gasteiger partial charge in [-0.25, -0.2) is 13.1 Å². The van der Waals surface area contributed by atoms with Crippen molar-refractivity contribution in [2.75, 3.05) is 5.73 Å². The van der Waals surface area contributed by atoms with E-state index in [4.69, 9.17) is 5.73 Å². The molecule has 0 atom stereocenters. The van der Waals surface area contributed by atoms with Crippen LogP contribution in [0, 0.1) is 0 Å². The van der Waals surface area contributed by atoms with E-state index in [1.165, 1.54) is 12.1 Å². The number of hydrogen-bond donors (Lipinski definition) is 2. The van der Waals surface area contributed by atoms with E-state index in [-0.39, 0.29) is 11.4 Å². The predicted molar refractivity (Wildman–Crippen MR) is 76.8 cm³/mol. The summed E-state index contributed by atoms with van der Waals surface area (Å²) in [6.45, 7) is 0.215. The summed E-state index contributed by atoms with van der Waals surface area (Å²) in [6, 6.07) is 7.99. The third-order valence-electron chi connectivity index (χ3n) is 2.50. The second-order valence-corrected chi connectivity index (χ2v) is 6.48. The van der Waals surface area contributed by atoms with E-state index in [0.717, 1.165) is 5.56 Å². The first-order valence-electron chi connectivity index (χ1n) is 5.42. The van der Waals surface area contributed by atoms with Gasteiger partial charge in [0.2, 0.25) is 10.0 Å². The van der Waals surface area contributed by atoms with E-state index in [2.05, 4.69) is 25.6 Å². The maximum absolute atomic E-state index is 12.1. The van der Waals surface area contributed by atoms with Gasteiger partial charge in [0, 0.05) is 29.1 Å². The average Bonchev–Trinajstić information content (AvgIpc) is 2.41. The molecule has 5 nitrogen and oxygen atoms in total. The van der Waals surface area contributed by atoms with E-state index in [9.17, 15) is 8.42 Å². The number of anilines is 1. The second-order valence-electron chi connectivity index (χ2n) is 3.86. The maximum atomic E-state index is 12.1. The van der Waals surface area contributed by atoms with E-state index in [1.54, 1.807) is 30.6 Å². The molecule has 19 heavy (non-hydrogen) atoms. The molecule has 7 heteroatoms. The second kappa shape index (κ2) is 5.68. The molecule has 0 unspecified atom stereocenters. The molecule has 3 N–H and O–H groups in total. The minimum atomic E-state index is -3.55. The van der Waals surface area contributed by atoms with Gasteiger partial charge < -0.3 is 5.73 Å². The van der Waals surface area contributed by atoms with Crippen LogP contribution in [0.25, 0.3) is 0 Å². The molecule has 0 bridgehead atoms. The van der Waals surface area contributed by atoms with Gasteiger partial charge in [-0.05, 0) is 51.8 Å². The highest BCUT2D eigenvalue weighted by molar-refractivity contribution is 9.10. The standard InChI is InChI=1S/C12H12BrN3O2S/c13-11-7-10(1-2-12(11)14)19(17,18)16-8-9-3-5-15-6-4-9/h1-7,16H,8,14H2. The fourth-order valence-electron chi connectivity index (χ4n) is 1.44. The van der Waals surface area contributed by atoms with Crippen LogP contribution in [0.1, 0.15) is 5.56 Å². The third-order valence-corrected chi connectivity index (χ3v) is 4.58. The van der Waals surface area contributed by atoms with Gasteiger partial charge in [0.1, 0.15) is 0 Å². The first-order chi connectivity index (χ1) is 8.99. The molecule has 0 aliphatic heterocycles. The minimum absolute atomic E-state index is 0.169. The number of nitrogens with one attached hydrogen (secondary N) is 1. The quantitative estimate of drug-likeness (QED) is 0.831. The van der Waals surface area contributed by atoms with Crippen LogP contribution in [0.2, 0.25) is 0 Å². The van der Waals surface area contributed by atoms with E-state index in [0.29, 0.717) is 10.2 Å². The highest BCUT2D eigenvalue weighted by atomic mass is 79.9. The molecule has 2 aromatic rings. The zero-order chi connectivity index (χ0) is 13.9. The molecule has 1 aromatic carbocycles. The van der Waals surface area contributed by atoms with E-state index in [1.807, 2.05) is 0 Å². The Labute approximate surface area is 120 Å². The zero-order valence-electron chi connectivity index (χ0n) is 9.88. The first-order valence-corrected chi connectivity index (χ1v) is 7.70. The maximum Gasteiger partial charge on any atom is 0.240 e. The van der Waals surface area contributed by atoms with Gasteiger partial charge in [-0.15, -0.1) is 0 Å². The molecule has 100 valence electrons. The van der Waals surface area contributed by atoms with Crippen LogP contribution in [0.15, 0.2) is 52.1 Å². The molecule has 0 amide bonds. The molecule has 0 aliphatic rings. The number of benzene rings is 1. The third kappa shape index (κ3) is 3.52. The Morgan fingerprint density at radius 3 is 2.53 bits per heavy atom. The van der Waals surface area contributed by atoms with Crippen molar-refractivity contribution in [1.29, 1.82) is 0 Å². The molecule has 0 aliphatic carbocycles. The number of rotatable bonds is 4. The number of pyridine rings is 1. The van der Waals surface area contributed by atoms with Crippen LogP contribution in [0.4, 0.5) is 5.69 Å². The number of nitrogens with zero attached hydrogens (tertiary/aromatic N) is 1. The molecule has 0 radical (unpaired) electrons. The summed E-state index contributed by atoms with van der Waals surface area (Å²) in [6.07, 6.45) is 3.23. The van der Waals surface area contributed by atoms with Gasteiger partial charge in [-0.3, -0.25) is 4.98 Å². The lowest BCUT2D eigenvalue weighted by atomic mass is 10.3. The summed E-state index contributed by atoms with van der Waals surface area (Å²) < 4.78 is 27.2. The van der Waals surface area contributed by atoms with Crippen LogP contribution in [0.5, 0.6) is 0 Å². The molecule has 0 saturated carbocycles. The number of hydrogen-bond acceptors (Lipinski definition) is 4. The average molecular weight is 342 g/mol. The highest BCUT2D eigenvalue weighted by Crippen LogP contribution is 2.22. The van der Waals surface area contributed by atoms with Gasteiger partial charge >= 0.3 is 0 Å². The molecule has 0 saturated heterocycles. The topological polar surface area (TPSA) is 85.1 Å². The fraction of sp³-hybridized carbons (Fsp3) is 0.0833. The summed E-state index contributed by atoms with van der Waals surface area (Å²) in [5.74, 6) is 0. The van der Waals surface area contributed by atoms with Crippen molar-refractivity contribution in [2.24, 2.45) is 0 Å². The monoisotopic (exact) mass is 341 g/mol. The van der Waals surface area contributed by atoms with Crippen LogP contribution >= 0.6 is 15.9 Å². The largest absolute Gasteiger partial charge is 0.398 e. The predicted octanol–water partition coefficient (Wildman–Crippen LogP) is 1.90. The Balaban J connectivity index is 2.16. The van der Waals surface area contributed by atoms with Crippen molar-refractivity contribution < 1.29 is 8.42 Å². The van der Waals surface area contributed by atoms with E-state index < -0.39 is 10.0 Å². The zero-order valence-corrected chi connectivity index (χ0v) is 12.3. The molecular weight excluding hydrogens is 330 g/mol. The summed E-state index contributed by atoms with van der Waals surface area (Å²) in [7, 11) is -3.55. The lowest BCUT2D eigenvalue weighted by Gasteiger charge is -2.08. The SMILES string of the molecule is Nc1ccc(S(=O)(=O)NCc2ccncc2)cc1Br. The lowest BCUT2D eigenvalue weighted by Crippen LogP contribution is -2.23. The smallest absolute Gasteiger partial charge is 0.240 e. The molecular formula is C12H12BrN3O2S. The lowest BCUT2D eigenvalue weighted by molar-refractivity contribution is 0.581. The van der Waals surface area contributed by atoms with Crippen molar-refractivity contribution >= 4 is 31.6 Å². The van der Waals surface area contributed by atoms with Gasteiger partial charge in [-0.1, -0.05) is 0 Å². The Bertz CT molecular complexity index is 675. The normalized spacial score (nSPS) is 11.4. The molecule has 2 rings (SSSR count). The van der Waals surface area contributed by atoms with E-state index >= 15 is 0 Å².